The van der Waals surface area contributed by atoms with Crippen LogP contribution in [-0.4, -0.2) is 18.3 Å². The summed E-state index contributed by atoms with van der Waals surface area (Å²) in [4.78, 5) is 0. The van der Waals surface area contributed by atoms with Crippen molar-refractivity contribution in [1.82, 2.24) is 0 Å². The van der Waals surface area contributed by atoms with Gasteiger partial charge in [-0.2, -0.15) is 0 Å². The number of benzene rings is 1. The first-order valence-corrected chi connectivity index (χ1v) is 4.09. The summed E-state index contributed by atoms with van der Waals surface area (Å²) >= 11 is 0. The molecule has 68 valence electrons. The maximum Gasteiger partial charge on any atom is 0.107 e. The molecule has 0 heterocycles. The molecule has 0 fully saturated rings. The van der Waals surface area contributed by atoms with E-state index in [-0.39, 0.29) is 13.2 Å². The van der Waals surface area contributed by atoms with Crippen LogP contribution in [0.1, 0.15) is 11.7 Å². The van der Waals surface area contributed by atoms with E-state index in [4.69, 9.17) is 11.2 Å². The van der Waals surface area contributed by atoms with Crippen molar-refractivity contribution in [3.8, 4) is 12.3 Å². The molecule has 1 aromatic rings. The number of rotatable bonds is 4. The first-order valence-electron chi connectivity index (χ1n) is 4.09. The van der Waals surface area contributed by atoms with Crippen LogP contribution in [-0.2, 0) is 4.74 Å². The van der Waals surface area contributed by atoms with E-state index in [1.54, 1.807) is 0 Å². The highest BCUT2D eigenvalue weighted by molar-refractivity contribution is 5.17. The van der Waals surface area contributed by atoms with Crippen LogP contribution in [0.25, 0.3) is 0 Å². The van der Waals surface area contributed by atoms with Gasteiger partial charge in [-0.25, -0.2) is 0 Å². The Balaban J connectivity index is 2.41. The summed E-state index contributed by atoms with van der Waals surface area (Å²) in [7, 11) is 0. The molecular formula is C11H12O2. The fourth-order valence-corrected chi connectivity index (χ4v) is 1.00. The molecule has 0 aromatic heterocycles. The third-order valence-electron chi connectivity index (χ3n) is 1.65. The lowest BCUT2D eigenvalue weighted by molar-refractivity contribution is 0.0509. The summed E-state index contributed by atoms with van der Waals surface area (Å²) in [5.41, 5.74) is 0.847. The molecule has 0 saturated heterocycles. The van der Waals surface area contributed by atoms with Crippen LogP contribution in [0.3, 0.4) is 0 Å². The third-order valence-corrected chi connectivity index (χ3v) is 1.65. The Morgan fingerprint density at radius 1 is 1.38 bits per heavy atom. The molecule has 1 N–H and O–H groups in total. The minimum absolute atomic E-state index is 0.240. The average Bonchev–Trinajstić information content (AvgIpc) is 2.19. The summed E-state index contributed by atoms with van der Waals surface area (Å²) in [6.07, 6.45) is 4.41. The van der Waals surface area contributed by atoms with E-state index in [1.165, 1.54) is 0 Å². The quantitative estimate of drug-likeness (QED) is 0.554. The number of terminal acetylenes is 1. The standard InChI is InChI=1S/C11H12O2/c1-2-8-13-9-11(12)10-6-4-3-5-7-10/h1,3-7,11-12H,8-9H2. The largest absolute Gasteiger partial charge is 0.386 e. The van der Waals surface area contributed by atoms with Crippen molar-refractivity contribution in [1.29, 1.82) is 0 Å². The Morgan fingerprint density at radius 3 is 2.69 bits per heavy atom. The van der Waals surface area contributed by atoms with E-state index in [0.29, 0.717) is 0 Å². The maximum atomic E-state index is 9.55. The van der Waals surface area contributed by atoms with Crippen LogP contribution in [0.2, 0.25) is 0 Å². The van der Waals surface area contributed by atoms with Gasteiger partial charge in [-0.05, 0) is 5.56 Å². The number of aliphatic hydroxyl groups excluding tert-OH is 1. The van der Waals surface area contributed by atoms with E-state index < -0.39 is 6.10 Å². The van der Waals surface area contributed by atoms with Crippen molar-refractivity contribution in [3.63, 3.8) is 0 Å². The van der Waals surface area contributed by atoms with Crippen molar-refractivity contribution < 1.29 is 9.84 Å². The number of hydrogen-bond donors (Lipinski definition) is 1. The lowest BCUT2D eigenvalue weighted by atomic mass is 10.1. The minimum atomic E-state index is -0.588. The molecule has 1 rings (SSSR count). The summed E-state index contributed by atoms with van der Waals surface area (Å²) in [6, 6.07) is 9.35. The van der Waals surface area contributed by atoms with Crippen LogP contribution < -0.4 is 0 Å². The molecule has 2 nitrogen and oxygen atoms in total. The van der Waals surface area contributed by atoms with E-state index in [0.717, 1.165) is 5.56 Å². The Labute approximate surface area is 78.2 Å². The van der Waals surface area contributed by atoms with Gasteiger partial charge in [0.25, 0.3) is 0 Å². The van der Waals surface area contributed by atoms with Crippen LogP contribution >= 0.6 is 0 Å². The van der Waals surface area contributed by atoms with Crippen LogP contribution in [0, 0.1) is 12.3 Å². The van der Waals surface area contributed by atoms with Crippen LogP contribution in [0.15, 0.2) is 30.3 Å². The predicted octanol–water partition coefficient (Wildman–Crippen LogP) is 1.37. The van der Waals surface area contributed by atoms with Gasteiger partial charge in [0.05, 0.1) is 6.61 Å². The molecule has 0 aliphatic heterocycles. The minimum Gasteiger partial charge on any atom is -0.386 e. The van der Waals surface area contributed by atoms with Crippen molar-refractivity contribution >= 4 is 0 Å². The van der Waals surface area contributed by atoms with Gasteiger partial charge in [0, 0.05) is 0 Å². The normalized spacial score (nSPS) is 12.0. The molecule has 2 heteroatoms. The summed E-state index contributed by atoms with van der Waals surface area (Å²) < 4.78 is 5.01. The summed E-state index contributed by atoms with van der Waals surface area (Å²) in [6.45, 7) is 0.484. The van der Waals surface area contributed by atoms with Gasteiger partial charge in [0.15, 0.2) is 0 Å². The molecule has 0 saturated carbocycles. The lowest BCUT2D eigenvalue weighted by Gasteiger charge is -2.09. The highest BCUT2D eigenvalue weighted by Crippen LogP contribution is 2.11. The molecule has 0 aliphatic rings. The smallest absolute Gasteiger partial charge is 0.107 e. The highest BCUT2D eigenvalue weighted by Gasteiger charge is 2.05. The van der Waals surface area contributed by atoms with E-state index in [9.17, 15) is 5.11 Å². The van der Waals surface area contributed by atoms with Crippen molar-refractivity contribution in [2.24, 2.45) is 0 Å². The van der Waals surface area contributed by atoms with Crippen molar-refractivity contribution in [3.05, 3.63) is 35.9 Å². The number of aliphatic hydroxyl groups is 1. The maximum absolute atomic E-state index is 9.55. The van der Waals surface area contributed by atoms with E-state index in [1.807, 2.05) is 30.3 Å². The average molecular weight is 176 g/mol. The molecule has 1 unspecified atom stereocenters. The molecule has 1 atom stereocenters. The Hall–Kier alpha value is -1.30. The molecule has 1 aromatic carbocycles. The lowest BCUT2D eigenvalue weighted by Crippen LogP contribution is -2.06. The highest BCUT2D eigenvalue weighted by atomic mass is 16.5. The SMILES string of the molecule is C#CCOCC(O)c1ccccc1. The van der Waals surface area contributed by atoms with E-state index >= 15 is 0 Å². The van der Waals surface area contributed by atoms with Gasteiger partial charge >= 0.3 is 0 Å². The van der Waals surface area contributed by atoms with Crippen molar-refractivity contribution in [2.45, 2.75) is 6.10 Å². The molecule has 0 radical (unpaired) electrons. The first kappa shape index (κ1) is 9.79. The fraction of sp³-hybridized carbons (Fsp3) is 0.273. The Morgan fingerprint density at radius 2 is 2.08 bits per heavy atom. The van der Waals surface area contributed by atoms with Gasteiger partial charge in [0.1, 0.15) is 12.7 Å². The van der Waals surface area contributed by atoms with Gasteiger partial charge in [-0.3, -0.25) is 0 Å². The van der Waals surface area contributed by atoms with Gasteiger partial charge in [-0.1, -0.05) is 36.3 Å². The van der Waals surface area contributed by atoms with Gasteiger partial charge < -0.3 is 9.84 Å². The zero-order valence-corrected chi connectivity index (χ0v) is 7.31. The first-order chi connectivity index (χ1) is 6.34. The topological polar surface area (TPSA) is 29.5 Å². The molecular weight excluding hydrogens is 164 g/mol. The molecule has 0 amide bonds. The van der Waals surface area contributed by atoms with E-state index in [2.05, 4.69) is 5.92 Å². The fourth-order valence-electron chi connectivity index (χ4n) is 1.00. The Bertz CT molecular complexity index is 274. The molecule has 0 bridgehead atoms. The molecule has 0 spiro atoms. The van der Waals surface area contributed by atoms with Crippen LogP contribution in [0.4, 0.5) is 0 Å². The zero-order valence-electron chi connectivity index (χ0n) is 7.31. The second-order valence-electron chi connectivity index (χ2n) is 2.65. The van der Waals surface area contributed by atoms with Crippen molar-refractivity contribution in [2.75, 3.05) is 13.2 Å². The number of ether oxygens (including phenoxy) is 1. The Kier molecular flexibility index (Phi) is 4.04. The van der Waals surface area contributed by atoms with Gasteiger partial charge in [-0.15, -0.1) is 6.42 Å². The summed E-state index contributed by atoms with van der Waals surface area (Å²) in [5, 5.41) is 9.55. The van der Waals surface area contributed by atoms with Crippen LogP contribution in [0.5, 0.6) is 0 Å². The second kappa shape index (κ2) is 5.36. The molecule has 0 aliphatic carbocycles. The second-order valence-corrected chi connectivity index (χ2v) is 2.65. The summed E-state index contributed by atoms with van der Waals surface area (Å²) in [5.74, 6) is 2.34. The third kappa shape index (κ3) is 3.29. The predicted molar refractivity (Wildman–Crippen MR) is 51.1 cm³/mol. The zero-order chi connectivity index (χ0) is 9.52. The molecule has 13 heavy (non-hydrogen) atoms. The number of hydrogen-bond acceptors (Lipinski definition) is 2. The monoisotopic (exact) mass is 176 g/mol. The van der Waals surface area contributed by atoms with Gasteiger partial charge in [0.2, 0.25) is 0 Å².